The van der Waals surface area contributed by atoms with Gasteiger partial charge in [-0.2, -0.15) is 13.2 Å². The summed E-state index contributed by atoms with van der Waals surface area (Å²) >= 11 is 0. The van der Waals surface area contributed by atoms with Crippen LogP contribution in [0, 0.1) is 5.92 Å². The van der Waals surface area contributed by atoms with Gasteiger partial charge in [-0.15, -0.1) is 0 Å². The fraction of sp³-hybridized carbons (Fsp3) is 0.533. The summed E-state index contributed by atoms with van der Waals surface area (Å²) < 4.78 is 39.3. The standard InChI is InChI=1S/C15H18F3N3/c16-15(17,18)11-4-2-1-3-10(11)14-20-12-6-5-9(8-19)7-13(12)21-14/h1-4,9,12-13H,5-8,19H2,(H,20,21). The molecule has 3 unspecified atom stereocenters. The maximum absolute atomic E-state index is 13.1. The van der Waals surface area contributed by atoms with E-state index in [1.165, 1.54) is 12.1 Å². The van der Waals surface area contributed by atoms with Gasteiger partial charge in [-0.25, -0.2) is 0 Å². The van der Waals surface area contributed by atoms with Crippen molar-refractivity contribution in [3.05, 3.63) is 35.4 Å². The number of alkyl halides is 3. The molecule has 1 saturated carbocycles. The zero-order valence-corrected chi connectivity index (χ0v) is 11.5. The summed E-state index contributed by atoms with van der Waals surface area (Å²) in [5, 5.41) is 3.18. The Hall–Kier alpha value is -1.56. The normalized spacial score (nSPS) is 28.8. The number of hydrogen-bond acceptors (Lipinski definition) is 3. The summed E-state index contributed by atoms with van der Waals surface area (Å²) in [7, 11) is 0. The van der Waals surface area contributed by atoms with E-state index in [4.69, 9.17) is 5.73 Å². The number of rotatable bonds is 2. The van der Waals surface area contributed by atoms with Crippen LogP contribution in [0.15, 0.2) is 29.3 Å². The highest BCUT2D eigenvalue weighted by molar-refractivity contribution is 6.01. The molecule has 0 bridgehead atoms. The molecule has 0 aromatic heterocycles. The highest BCUT2D eigenvalue weighted by atomic mass is 19.4. The molecule has 0 radical (unpaired) electrons. The molecule has 3 N–H and O–H groups in total. The monoisotopic (exact) mass is 297 g/mol. The van der Waals surface area contributed by atoms with Gasteiger partial charge in [0.15, 0.2) is 0 Å². The summed E-state index contributed by atoms with van der Waals surface area (Å²) in [5.41, 5.74) is 5.21. The highest BCUT2D eigenvalue weighted by Gasteiger charge is 2.39. The van der Waals surface area contributed by atoms with Crippen LogP contribution >= 0.6 is 0 Å². The van der Waals surface area contributed by atoms with Crippen LogP contribution < -0.4 is 11.1 Å². The molecule has 0 amide bonds. The van der Waals surface area contributed by atoms with E-state index in [2.05, 4.69) is 10.3 Å². The largest absolute Gasteiger partial charge is 0.417 e. The molecule has 6 heteroatoms. The van der Waals surface area contributed by atoms with Crippen LogP contribution in [0.3, 0.4) is 0 Å². The molecule has 3 atom stereocenters. The third-order valence-corrected chi connectivity index (χ3v) is 4.36. The number of benzene rings is 1. The first-order chi connectivity index (χ1) is 9.99. The summed E-state index contributed by atoms with van der Waals surface area (Å²) in [5.74, 6) is 0.807. The van der Waals surface area contributed by atoms with E-state index in [0.29, 0.717) is 18.3 Å². The van der Waals surface area contributed by atoms with Crippen molar-refractivity contribution in [2.24, 2.45) is 16.6 Å². The van der Waals surface area contributed by atoms with Gasteiger partial charge in [-0.3, -0.25) is 4.99 Å². The Morgan fingerprint density at radius 3 is 2.71 bits per heavy atom. The number of amidine groups is 1. The number of halogens is 3. The lowest BCUT2D eigenvalue weighted by Gasteiger charge is -2.29. The zero-order chi connectivity index (χ0) is 15.0. The molecule has 21 heavy (non-hydrogen) atoms. The molecule has 0 spiro atoms. The number of nitrogens with two attached hydrogens (primary N) is 1. The van der Waals surface area contributed by atoms with Crippen molar-refractivity contribution in [1.82, 2.24) is 5.32 Å². The quantitative estimate of drug-likeness (QED) is 0.881. The number of fused-ring (bicyclic) bond motifs is 1. The van der Waals surface area contributed by atoms with Gasteiger partial charge in [0.2, 0.25) is 0 Å². The van der Waals surface area contributed by atoms with E-state index in [9.17, 15) is 13.2 Å². The average Bonchev–Trinajstić information content (AvgIpc) is 2.89. The highest BCUT2D eigenvalue weighted by Crippen LogP contribution is 2.34. The molecule has 114 valence electrons. The van der Waals surface area contributed by atoms with Crippen molar-refractivity contribution < 1.29 is 13.2 Å². The van der Waals surface area contributed by atoms with Gasteiger partial charge in [0.25, 0.3) is 0 Å². The van der Waals surface area contributed by atoms with Crippen LogP contribution in [0.4, 0.5) is 13.2 Å². The lowest BCUT2D eigenvalue weighted by Crippen LogP contribution is -2.41. The molecule has 1 aliphatic carbocycles. The Morgan fingerprint density at radius 2 is 2.00 bits per heavy atom. The van der Waals surface area contributed by atoms with Crippen molar-refractivity contribution in [3.8, 4) is 0 Å². The van der Waals surface area contributed by atoms with E-state index in [1.54, 1.807) is 6.07 Å². The molecular weight excluding hydrogens is 279 g/mol. The Bertz CT molecular complexity index is 553. The number of nitrogens with one attached hydrogen (secondary N) is 1. The molecular formula is C15H18F3N3. The summed E-state index contributed by atoms with van der Waals surface area (Å²) in [6.07, 6.45) is -1.61. The van der Waals surface area contributed by atoms with Crippen molar-refractivity contribution in [3.63, 3.8) is 0 Å². The second-order valence-corrected chi connectivity index (χ2v) is 5.75. The van der Waals surface area contributed by atoms with Crippen LogP contribution in [0.1, 0.15) is 30.4 Å². The first-order valence-electron chi connectivity index (χ1n) is 7.20. The van der Waals surface area contributed by atoms with Gasteiger partial charge in [0.05, 0.1) is 17.6 Å². The van der Waals surface area contributed by atoms with E-state index in [1.807, 2.05) is 0 Å². The van der Waals surface area contributed by atoms with Crippen molar-refractivity contribution in [2.75, 3.05) is 6.54 Å². The van der Waals surface area contributed by atoms with Crippen molar-refractivity contribution in [2.45, 2.75) is 37.5 Å². The Balaban J connectivity index is 1.87. The van der Waals surface area contributed by atoms with Crippen LogP contribution in [0.25, 0.3) is 0 Å². The van der Waals surface area contributed by atoms with Gasteiger partial charge < -0.3 is 11.1 Å². The summed E-state index contributed by atoms with van der Waals surface area (Å²) in [6, 6.07) is 5.78. The Kier molecular flexibility index (Phi) is 3.65. The molecule has 1 aromatic carbocycles. The van der Waals surface area contributed by atoms with E-state index >= 15 is 0 Å². The number of nitrogens with zero attached hydrogens (tertiary/aromatic N) is 1. The molecule has 1 fully saturated rings. The number of aliphatic imine (C=N–C) groups is 1. The molecule has 1 aliphatic heterocycles. The molecule has 1 aromatic rings. The summed E-state index contributed by atoms with van der Waals surface area (Å²) in [6.45, 7) is 0.624. The van der Waals surface area contributed by atoms with Gasteiger partial charge in [0, 0.05) is 5.56 Å². The maximum atomic E-state index is 13.1. The minimum absolute atomic E-state index is 0.0732. The van der Waals surface area contributed by atoms with Gasteiger partial charge >= 0.3 is 6.18 Å². The molecule has 3 nitrogen and oxygen atoms in total. The van der Waals surface area contributed by atoms with Gasteiger partial charge in [0.1, 0.15) is 5.84 Å². The molecule has 3 rings (SSSR count). The zero-order valence-electron chi connectivity index (χ0n) is 11.5. The van der Waals surface area contributed by atoms with Crippen LogP contribution in [0.5, 0.6) is 0 Å². The topological polar surface area (TPSA) is 50.4 Å². The van der Waals surface area contributed by atoms with E-state index < -0.39 is 11.7 Å². The third-order valence-electron chi connectivity index (χ3n) is 4.36. The first-order valence-corrected chi connectivity index (χ1v) is 7.20. The van der Waals surface area contributed by atoms with E-state index in [-0.39, 0.29) is 17.6 Å². The van der Waals surface area contributed by atoms with Crippen LogP contribution in [-0.2, 0) is 6.18 Å². The predicted octanol–water partition coefficient (Wildman–Crippen LogP) is 2.55. The smallest absolute Gasteiger partial charge is 0.365 e. The minimum atomic E-state index is -4.37. The SMILES string of the molecule is NCC1CCC2N=C(c3ccccc3C(F)(F)F)NC2C1. The van der Waals surface area contributed by atoms with Crippen LogP contribution in [-0.4, -0.2) is 24.5 Å². The van der Waals surface area contributed by atoms with Crippen LogP contribution in [0.2, 0.25) is 0 Å². The maximum Gasteiger partial charge on any atom is 0.417 e. The van der Waals surface area contributed by atoms with Crippen molar-refractivity contribution in [1.29, 1.82) is 0 Å². The molecule has 1 heterocycles. The lowest BCUT2D eigenvalue weighted by atomic mass is 9.83. The van der Waals surface area contributed by atoms with Gasteiger partial charge in [-0.05, 0) is 37.8 Å². The summed E-state index contributed by atoms with van der Waals surface area (Å²) in [4.78, 5) is 4.49. The lowest BCUT2D eigenvalue weighted by molar-refractivity contribution is -0.137. The second kappa shape index (κ2) is 5.33. The molecule has 0 saturated heterocycles. The van der Waals surface area contributed by atoms with E-state index in [0.717, 1.165) is 25.3 Å². The fourth-order valence-electron chi connectivity index (χ4n) is 3.23. The van der Waals surface area contributed by atoms with Crippen molar-refractivity contribution >= 4 is 5.84 Å². The Labute approximate surface area is 121 Å². The third kappa shape index (κ3) is 2.77. The molecule has 2 aliphatic rings. The fourth-order valence-corrected chi connectivity index (χ4v) is 3.23. The first kappa shape index (κ1) is 14.4. The Morgan fingerprint density at radius 1 is 1.24 bits per heavy atom. The average molecular weight is 297 g/mol. The van der Waals surface area contributed by atoms with Gasteiger partial charge in [-0.1, -0.05) is 18.2 Å². The number of hydrogen-bond donors (Lipinski definition) is 2. The predicted molar refractivity (Wildman–Crippen MR) is 75.1 cm³/mol. The minimum Gasteiger partial charge on any atom is -0.365 e. The second-order valence-electron chi connectivity index (χ2n) is 5.75.